The summed E-state index contributed by atoms with van der Waals surface area (Å²) in [6.45, 7) is 6.45. The number of hydrogen-bond donors (Lipinski definition) is 0. The molecule has 0 spiro atoms. The maximum Gasteiger partial charge on any atom is 0.344 e. The van der Waals surface area contributed by atoms with Crippen LogP contribution in [0.15, 0.2) is 60.7 Å². The van der Waals surface area contributed by atoms with Gasteiger partial charge in [0.15, 0.2) is 6.61 Å². The van der Waals surface area contributed by atoms with Crippen molar-refractivity contribution >= 4 is 33.6 Å². The molecule has 0 radical (unpaired) electrons. The van der Waals surface area contributed by atoms with Crippen molar-refractivity contribution in [3.05, 3.63) is 77.5 Å². The van der Waals surface area contributed by atoms with Crippen LogP contribution >= 0.6 is 0 Å². The summed E-state index contributed by atoms with van der Waals surface area (Å²) in [6.07, 6.45) is 0. The van der Waals surface area contributed by atoms with E-state index in [4.69, 9.17) is 14.2 Å². The van der Waals surface area contributed by atoms with E-state index >= 15 is 0 Å². The Kier molecular flexibility index (Phi) is 6.63. The first-order valence-electron chi connectivity index (χ1n) is 11.1. The van der Waals surface area contributed by atoms with Gasteiger partial charge in [-0.2, -0.15) is 0 Å². The summed E-state index contributed by atoms with van der Waals surface area (Å²) in [5, 5.41) is 2.53. The van der Waals surface area contributed by atoms with Crippen LogP contribution in [0.2, 0.25) is 0 Å². The van der Waals surface area contributed by atoms with Crippen molar-refractivity contribution < 1.29 is 23.8 Å². The Morgan fingerprint density at radius 3 is 2.21 bits per heavy atom. The first kappa shape index (κ1) is 22.4. The summed E-state index contributed by atoms with van der Waals surface area (Å²) in [6, 6.07) is 19.8. The molecule has 0 bridgehead atoms. The lowest BCUT2D eigenvalue weighted by atomic mass is 10.0. The van der Waals surface area contributed by atoms with Gasteiger partial charge in [0.2, 0.25) is 0 Å². The van der Waals surface area contributed by atoms with Gasteiger partial charge in [0.05, 0.1) is 24.3 Å². The molecule has 0 saturated heterocycles. The van der Waals surface area contributed by atoms with Gasteiger partial charge < -0.3 is 18.8 Å². The van der Waals surface area contributed by atoms with Gasteiger partial charge in [-0.25, -0.2) is 9.59 Å². The number of hydrogen-bond acceptors (Lipinski definition) is 5. The minimum absolute atomic E-state index is 0.207. The fourth-order valence-electron chi connectivity index (χ4n) is 4.19. The van der Waals surface area contributed by atoms with E-state index in [0.29, 0.717) is 17.9 Å². The topological polar surface area (TPSA) is 66.8 Å². The standard InChI is InChI=1S/C27H27NO5/c1-4-31-24(29)17-33-23-15-22-25(27(30)32-5-2)18(3)28(16-19-11-7-6-8-12-19)26(22)21-14-10-9-13-20(21)23/h6-15H,4-5,16-17H2,1-3H3. The van der Waals surface area contributed by atoms with Crippen LogP contribution < -0.4 is 4.74 Å². The van der Waals surface area contributed by atoms with Gasteiger partial charge in [0.25, 0.3) is 0 Å². The number of fused-ring (bicyclic) bond motifs is 3. The molecule has 1 heterocycles. The van der Waals surface area contributed by atoms with E-state index in [-0.39, 0.29) is 25.8 Å². The molecule has 4 aromatic rings. The zero-order chi connectivity index (χ0) is 23.4. The van der Waals surface area contributed by atoms with E-state index in [0.717, 1.165) is 32.9 Å². The lowest BCUT2D eigenvalue weighted by molar-refractivity contribution is -0.145. The van der Waals surface area contributed by atoms with Crippen LogP contribution in [-0.2, 0) is 20.8 Å². The molecule has 0 aliphatic rings. The number of benzene rings is 3. The maximum absolute atomic E-state index is 13.0. The second-order valence-corrected chi connectivity index (χ2v) is 7.66. The summed E-state index contributed by atoms with van der Waals surface area (Å²) >= 11 is 0. The van der Waals surface area contributed by atoms with Gasteiger partial charge in [-0.15, -0.1) is 0 Å². The van der Waals surface area contributed by atoms with E-state index in [1.54, 1.807) is 13.8 Å². The molecule has 0 aliphatic heterocycles. The highest BCUT2D eigenvalue weighted by Crippen LogP contribution is 2.38. The molecule has 6 heteroatoms. The van der Waals surface area contributed by atoms with Crippen LogP contribution in [0, 0.1) is 6.92 Å². The zero-order valence-electron chi connectivity index (χ0n) is 19.1. The van der Waals surface area contributed by atoms with E-state index in [1.165, 1.54) is 0 Å². The van der Waals surface area contributed by atoms with Crippen LogP contribution in [0.25, 0.3) is 21.7 Å². The SMILES string of the molecule is CCOC(=O)COc1cc2c(C(=O)OCC)c(C)n(Cc3ccccc3)c2c2ccccc12. The van der Waals surface area contributed by atoms with Crippen molar-refractivity contribution in [2.24, 2.45) is 0 Å². The number of carbonyl (C=O) groups excluding carboxylic acids is 2. The Hall–Kier alpha value is -3.80. The van der Waals surface area contributed by atoms with Crippen LogP contribution in [-0.4, -0.2) is 36.3 Å². The molecule has 0 atom stereocenters. The number of esters is 2. The average Bonchev–Trinajstić information content (AvgIpc) is 3.09. The smallest absolute Gasteiger partial charge is 0.344 e. The monoisotopic (exact) mass is 445 g/mol. The fraction of sp³-hybridized carbons (Fsp3) is 0.259. The molecule has 0 saturated carbocycles. The molecule has 1 aromatic heterocycles. The van der Waals surface area contributed by atoms with Gasteiger partial charge in [-0.05, 0) is 32.4 Å². The van der Waals surface area contributed by atoms with Gasteiger partial charge in [0.1, 0.15) is 5.75 Å². The summed E-state index contributed by atoms with van der Waals surface area (Å²) in [5.74, 6) is -0.294. The Morgan fingerprint density at radius 1 is 0.848 bits per heavy atom. The highest BCUT2D eigenvalue weighted by molar-refractivity contribution is 6.16. The lowest BCUT2D eigenvalue weighted by Gasteiger charge is -2.13. The summed E-state index contributed by atoms with van der Waals surface area (Å²) in [7, 11) is 0. The molecule has 0 aliphatic carbocycles. The number of carbonyl (C=O) groups is 2. The minimum atomic E-state index is -0.440. The zero-order valence-corrected chi connectivity index (χ0v) is 19.1. The van der Waals surface area contributed by atoms with Crippen molar-refractivity contribution in [1.82, 2.24) is 4.57 Å². The van der Waals surface area contributed by atoms with Crippen molar-refractivity contribution in [3.63, 3.8) is 0 Å². The van der Waals surface area contributed by atoms with Crippen molar-refractivity contribution in [2.45, 2.75) is 27.3 Å². The normalized spacial score (nSPS) is 11.0. The Bertz CT molecular complexity index is 1310. The molecule has 0 N–H and O–H groups in total. The summed E-state index contributed by atoms with van der Waals surface area (Å²) in [5.41, 5.74) is 3.38. The van der Waals surface area contributed by atoms with Gasteiger partial charge in [-0.3, -0.25) is 0 Å². The Balaban J connectivity index is 1.95. The highest BCUT2D eigenvalue weighted by atomic mass is 16.6. The van der Waals surface area contributed by atoms with Crippen molar-refractivity contribution in [2.75, 3.05) is 19.8 Å². The summed E-state index contributed by atoms with van der Waals surface area (Å²) in [4.78, 5) is 24.9. The third-order valence-corrected chi connectivity index (χ3v) is 5.60. The average molecular weight is 446 g/mol. The number of nitrogens with zero attached hydrogens (tertiary/aromatic N) is 1. The molecule has 0 fully saturated rings. The number of rotatable bonds is 8. The molecular weight excluding hydrogens is 418 g/mol. The van der Waals surface area contributed by atoms with Crippen LogP contribution in [0.5, 0.6) is 5.75 Å². The van der Waals surface area contributed by atoms with Crippen molar-refractivity contribution in [3.8, 4) is 5.75 Å². The number of ether oxygens (including phenoxy) is 3. The maximum atomic E-state index is 13.0. The molecule has 4 rings (SSSR count). The van der Waals surface area contributed by atoms with E-state index < -0.39 is 5.97 Å². The third-order valence-electron chi connectivity index (χ3n) is 5.60. The molecule has 0 amide bonds. The van der Waals surface area contributed by atoms with Gasteiger partial charge in [-0.1, -0.05) is 54.6 Å². The summed E-state index contributed by atoms with van der Waals surface area (Å²) < 4.78 is 18.4. The van der Waals surface area contributed by atoms with E-state index in [1.807, 2.05) is 55.5 Å². The number of aromatic nitrogens is 1. The quantitative estimate of drug-likeness (QED) is 0.346. The van der Waals surface area contributed by atoms with Gasteiger partial charge in [0, 0.05) is 28.4 Å². The molecule has 33 heavy (non-hydrogen) atoms. The fourth-order valence-corrected chi connectivity index (χ4v) is 4.19. The first-order chi connectivity index (χ1) is 16.0. The largest absolute Gasteiger partial charge is 0.481 e. The minimum Gasteiger partial charge on any atom is -0.481 e. The second kappa shape index (κ2) is 9.77. The highest BCUT2D eigenvalue weighted by Gasteiger charge is 2.24. The van der Waals surface area contributed by atoms with Crippen LogP contribution in [0.1, 0.15) is 35.5 Å². The van der Waals surface area contributed by atoms with E-state index in [2.05, 4.69) is 16.7 Å². The second-order valence-electron chi connectivity index (χ2n) is 7.66. The lowest BCUT2D eigenvalue weighted by Crippen LogP contribution is -2.14. The molecule has 3 aromatic carbocycles. The predicted octanol–water partition coefficient (Wildman–Crippen LogP) is 5.27. The molecule has 170 valence electrons. The molecular formula is C27H27NO5. The molecule has 6 nitrogen and oxygen atoms in total. The molecule has 0 unspecified atom stereocenters. The van der Waals surface area contributed by atoms with Crippen LogP contribution in [0.3, 0.4) is 0 Å². The van der Waals surface area contributed by atoms with Crippen LogP contribution in [0.4, 0.5) is 0 Å². The first-order valence-corrected chi connectivity index (χ1v) is 11.1. The Labute approximate surface area is 192 Å². The third kappa shape index (κ3) is 4.42. The van der Waals surface area contributed by atoms with Crippen molar-refractivity contribution in [1.29, 1.82) is 0 Å². The van der Waals surface area contributed by atoms with E-state index in [9.17, 15) is 9.59 Å². The Morgan fingerprint density at radius 2 is 1.52 bits per heavy atom. The van der Waals surface area contributed by atoms with Gasteiger partial charge >= 0.3 is 11.9 Å². The predicted molar refractivity (Wildman–Crippen MR) is 128 cm³/mol.